The monoisotopic (exact) mass is 313 g/mol. The number of amides is 1. The van der Waals surface area contributed by atoms with Crippen LogP contribution < -0.4 is 5.32 Å². The Bertz CT molecular complexity index is 688. The van der Waals surface area contributed by atoms with Crippen LogP contribution in [0.4, 0.5) is 0 Å². The Kier molecular flexibility index (Phi) is 4.48. The zero-order valence-corrected chi connectivity index (χ0v) is 13.9. The van der Waals surface area contributed by atoms with Crippen LogP contribution in [-0.4, -0.2) is 34.2 Å². The van der Waals surface area contributed by atoms with Gasteiger partial charge in [-0.25, -0.2) is 4.98 Å². The quantitative estimate of drug-likeness (QED) is 0.944. The topological polar surface area (TPSA) is 56.1 Å². The van der Waals surface area contributed by atoms with E-state index in [0.717, 1.165) is 36.7 Å². The number of carbonyl (C=O) groups is 1. The minimum absolute atomic E-state index is 0.0166. The van der Waals surface area contributed by atoms with Gasteiger partial charge in [0, 0.05) is 24.2 Å². The van der Waals surface area contributed by atoms with E-state index in [9.17, 15) is 4.79 Å². The summed E-state index contributed by atoms with van der Waals surface area (Å²) in [5.74, 6) is 0.775. The highest BCUT2D eigenvalue weighted by Crippen LogP contribution is 2.20. The third-order valence-electron chi connectivity index (χ3n) is 4.44. The van der Waals surface area contributed by atoms with Crippen molar-refractivity contribution in [2.75, 3.05) is 6.61 Å². The Balaban J connectivity index is 1.82. The maximum Gasteiger partial charge on any atom is 0.253 e. The fraction of sp³-hybridized carbons (Fsp3) is 0.444. The van der Waals surface area contributed by atoms with Crippen molar-refractivity contribution in [3.05, 3.63) is 47.4 Å². The fourth-order valence-electron chi connectivity index (χ4n) is 3.21. The molecule has 0 spiro atoms. The van der Waals surface area contributed by atoms with Gasteiger partial charge in [-0.1, -0.05) is 6.07 Å². The number of pyridine rings is 1. The van der Waals surface area contributed by atoms with Crippen molar-refractivity contribution in [2.45, 2.75) is 45.8 Å². The lowest BCUT2D eigenvalue weighted by molar-refractivity contribution is 0.0712. The van der Waals surface area contributed by atoms with Gasteiger partial charge in [-0.2, -0.15) is 0 Å². The molecule has 0 bridgehead atoms. The van der Waals surface area contributed by atoms with E-state index in [-0.39, 0.29) is 18.1 Å². The summed E-state index contributed by atoms with van der Waals surface area (Å²) in [4.78, 5) is 17.0. The summed E-state index contributed by atoms with van der Waals surface area (Å²) in [7, 11) is 0. The first-order valence-corrected chi connectivity index (χ1v) is 8.10. The molecular formula is C18H23N3O2. The first-order chi connectivity index (χ1) is 11.1. The predicted molar refractivity (Wildman–Crippen MR) is 88.9 cm³/mol. The summed E-state index contributed by atoms with van der Waals surface area (Å²) < 4.78 is 7.66. The van der Waals surface area contributed by atoms with Crippen LogP contribution >= 0.6 is 0 Å². The molecule has 0 unspecified atom stereocenters. The minimum Gasteiger partial charge on any atom is -0.376 e. The minimum atomic E-state index is -0.0525. The number of aromatic nitrogens is 2. The Morgan fingerprint density at radius 1 is 1.43 bits per heavy atom. The highest BCUT2D eigenvalue weighted by Gasteiger charge is 2.25. The number of aryl methyl sites for hydroxylation is 1. The van der Waals surface area contributed by atoms with Gasteiger partial charge in [0.05, 0.1) is 17.7 Å². The summed E-state index contributed by atoms with van der Waals surface area (Å²) in [5, 5.41) is 3.07. The molecule has 0 aliphatic carbocycles. The van der Waals surface area contributed by atoms with Crippen LogP contribution in [0.2, 0.25) is 0 Å². The fourth-order valence-corrected chi connectivity index (χ4v) is 3.21. The maximum atomic E-state index is 12.6. The second-order valence-electron chi connectivity index (χ2n) is 6.12. The zero-order chi connectivity index (χ0) is 16.4. The van der Waals surface area contributed by atoms with Crippen LogP contribution in [0.5, 0.6) is 0 Å². The Morgan fingerprint density at radius 3 is 2.91 bits per heavy atom. The Hall–Kier alpha value is -2.14. The van der Waals surface area contributed by atoms with E-state index in [1.807, 2.05) is 49.6 Å². The molecule has 23 heavy (non-hydrogen) atoms. The van der Waals surface area contributed by atoms with Crippen LogP contribution in [0.1, 0.15) is 41.5 Å². The lowest BCUT2D eigenvalue weighted by Crippen LogP contribution is -2.40. The van der Waals surface area contributed by atoms with E-state index >= 15 is 0 Å². The van der Waals surface area contributed by atoms with Gasteiger partial charge >= 0.3 is 0 Å². The van der Waals surface area contributed by atoms with Crippen LogP contribution in [0.3, 0.4) is 0 Å². The number of rotatable bonds is 4. The summed E-state index contributed by atoms with van der Waals surface area (Å²) >= 11 is 0. The van der Waals surface area contributed by atoms with Gasteiger partial charge in [0.1, 0.15) is 5.82 Å². The first-order valence-electron chi connectivity index (χ1n) is 8.10. The zero-order valence-electron chi connectivity index (χ0n) is 13.9. The smallest absolute Gasteiger partial charge is 0.253 e. The van der Waals surface area contributed by atoms with Crippen LogP contribution in [0.25, 0.3) is 5.82 Å². The van der Waals surface area contributed by atoms with Crippen LogP contribution in [0.15, 0.2) is 30.5 Å². The van der Waals surface area contributed by atoms with E-state index in [2.05, 4.69) is 10.3 Å². The van der Waals surface area contributed by atoms with E-state index in [0.29, 0.717) is 5.56 Å². The number of carbonyl (C=O) groups excluding carboxylic acids is 1. The van der Waals surface area contributed by atoms with E-state index in [1.165, 1.54) is 0 Å². The van der Waals surface area contributed by atoms with Gasteiger partial charge in [-0.05, 0) is 51.8 Å². The average molecular weight is 313 g/mol. The molecule has 1 aliphatic rings. The van der Waals surface area contributed by atoms with Crippen molar-refractivity contribution in [1.29, 1.82) is 0 Å². The SMILES string of the molecule is Cc1cc(C(=O)N[C@H](C)[C@@H]2CCCO2)c(C)n1-c1ccccn1. The largest absolute Gasteiger partial charge is 0.376 e. The molecule has 0 radical (unpaired) electrons. The van der Waals surface area contributed by atoms with E-state index < -0.39 is 0 Å². The van der Waals surface area contributed by atoms with Crippen LogP contribution in [0, 0.1) is 13.8 Å². The number of hydrogen-bond donors (Lipinski definition) is 1. The normalized spacial score (nSPS) is 18.8. The highest BCUT2D eigenvalue weighted by molar-refractivity contribution is 5.96. The first kappa shape index (κ1) is 15.7. The molecule has 122 valence electrons. The van der Waals surface area contributed by atoms with Gasteiger partial charge in [0.15, 0.2) is 0 Å². The van der Waals surface area contributed by atoms with Gasteiger partial charge < -0.3 is 14.6 Å². The number of hydrogen-bond acceptors (Lipinski definition) is 3. The van der Waals surface area contributed by atoms with Crippen molar-refractivity contribution in [1.82, 2.24) is 14.9 Å². The maximum absolute atomic E-state index is 12.6. The van der Waals surface area contributed by atoms with E-state index in [1.54, 1.807) is 6.20 Å². The van der Waals surface area contributed by atoms with Crippen molar-refractivity contribution in [3.63, 3.8) is 0 Å². The second kappa shape index (κ2) is 6.54. The molecule has 2 aromatic heterocycles. The molecular weight excluding hydrogens is 290 g/mol. The van der Waals surface area contributed by atoms with Crippen molar-refractivity contribution < 1.29 is 9.53 Å². The van der Waals surface area contributed by atoms with Gasteiger partial charge in [0.2, 0.25) is 0 Å². The lowest BCUT2D eigenvalue weighted by Gasteiger charge is -2.20. The molecule has 1 N–H and O–H groups in total. The van der Waals surface area contributed by atoms with Gasteiger partial charge in [-0.15, -0.1) is 0 Å². The summed E-state index contributed by atoms with van der Waals surface area (Å²) in [6, 6.07) is 7.70. The standard InChI is InChI=1S/C18H23N3O2/c1-12-11-15(14(3)21(12)17-8-4-5-9-19-17)18(22)20-13(2)16-7-6-10-23-16/h4-5,8-9,11,13,16H,6-7,10H2,1-3H3,(H,20,22)/t13-,16+/m1/s1. The average Bonchev–Trinajstić information content (AvgIpc) is 3.16. The molecule has 3 rings (SSSR count). The van der Waals surface area contributed by atoms with Crippen molar-refractivity contribution >= 4 is 5.91 Å². The Labute approximate surface area is 136 Å². The predicted octanol–water partition coefficient (Wildman–Crippen LogP) is 2.79. The van der Waals surface area contributed by atoms with Gasteiger partial charge in [0.25, 0.3) is 5.91 Å². The molecule has 1 amide bonds. The lowest BCUT2D eigenvalue weighted by atomic mass is 10.1. The molecule has 2 atom stereocenters. The van der Waals surface area contributed by atoms with Crippen LogP contribution in [-0.2, 0) is 4.74 Å². The van der Waals surface area contributed by atoms with E-state index in [4.69, 9.17) is 4.74 Å². The second-order valence-corrected chi connectivity index (χ2v) is 6.12. The summed E-state index contributed by atoms with van der Waals surface area (Å²) in [5.41, 5.74) is 2.59. The van der Waals surface area contributed by atoms with Crippen molar-refractivity contribution in [2.24, 2.45) is 0 Å². The molecule has 0 saturated carbocycles. The third-order valence-corrected chi connectivity index (χ3v) is 4.44. The molecule has 1 aliphatic heterocycles. The van der Waals surface area contributed by atoms with Gasteiger partial charge in [-0.3, -0.25) is 4.79 Å². The molecule has 5 heteroatoms. The number of nitrogens with zero attached hydrogens (tertiary/aromatic N) is 2. The molecule has 1 fully saturated rings. The molecule has 5 nitrogen and oxygen atoms in total. The third kappa shape index (κ3) is 3.15. The summed E-state index contributed by atoms with van der Waals surface area (Å²) in [6.07, 6.45) is 3.96. The molecule has 0 aromatic carbocycles. The molecule has 3 heterocycles. The number of nitrogens with one attached hydrogen (secondary N) is 1. The van der Waals surface area contributed by atoms with Crippen molar-refractivity contribution in [3.8, 4) is 5.82 Å². The summed E-state index contributed by atoms with van der Waals surface area (Å²) in [6.45, 7) is 6.74. The highest BCUT2D eigenvalue weighted by atomic mass is 16.5. The molecule has 2 aromatic rings. The number of ether oxygens (including phenoxy) is 1. The molecule has 1 saturated heterocycles. The Morgan fingerprint density at radius 2 is 2.26 bits per heavy atom.